The van der Waals surface area contributed by atoms with Crippen LogP contribution in [-0.2, 0) is 14.8 Å². The molecule has 0 saturated heterocycles. The molecule has 0 radical (unpaired) electrons. The third-order valence-corrected chi connectivity index (χ3v) is 5.54. The van der Waals surface area contributed by atoms with Gasteiger partial charge in [0, 0.05) is 5.56 Å². The number of carbonyl (C=O) groups excluding carboxylic acids is 1. The van der Waals surface area contributed by atoms with Crippen LogP contribution < -0.4 is 19.1 Å². The van der Waals surface area contributed by atoms with Gasteiger partial charge in [-0.2, -0.15) is 0 Å². The molecule has 0 saturated carbocycles. The fourth-order valence-corrected chi connectivity index (χ4v) is 3.86. The molecule has 2 rings (SSSR count). The molecule has 0 aliphatic carbocycles. The zero-order valence-corrected chi connectivity index (χ0v) is 17.7. The number of nitrogens with one attached hydrogen (secondary N) is 1. The average molecular weight is 427 g/mol. The molecule has 7 nitrogen and oxygen atoms in total. The van der Waals surface area contributed by atoms with E-state index in [-0.39, 0.29) is 10.7 Å². The normalized spacial score (nSPS) is 12.2. The van der Waals surface area contributed by atoms with Crippen LogP contribution in [0.3, 0.4) is 0 Å². The van der Waals surface area contributed by atoms with Gasteiger partial charge in [0.2, 0.25) is 15.9 Å². The Kier molecular flexibility index (Phi) is 7.15. The van der Waals surface area contributed by atoms with Gasteiger partial charge in [0.25, 0.3) is 0 Å². The van der Waals surface area contributed by atoms with Crippen LogP contribution in [0.4, 0.5) is 5.69 Å². The number of amides is 1. The van der Waals surface area contributed by atoms with E-state index in [1.807, 2.05) is 0 Å². The number of halogens is 1. The molecule has 0 heterocycles. The Balaban J connectivity index is 2.23. The molecule has 2 aromatic carbocycles. The Hall–Kier alpha value is -2.45. The van der Waals surface area contributed by atoms with Crippen molar-refractivity contribution in [1.82, 2.24) is 5.32 Å². The minimum absolute atomic E-state index is 0.239. The summed E-state index contributed by atoms with van der Waals surface area (Å²) in [7, 11) is -0.642. The van der Waals surface area contributed by atoms with Gasteiger partial charge in [-0.1, -0.05) is 23.7 Å². The Bertz CT molecular complexity index is 949. The number of hydrogen-bond acceptors (Lipinski definition) is 5. The van der Waals surface area contributed by atoms with E-state index in [1.54, 1.807) is 56.5 Å². The van der Waals surface area contributed by atoms with Crippen molar-refractivity contribution in [3.63, 3.8) is 0 Å². The second-order valence-electron chi connectivity index (χ2n) is 6.12. The van der Waals surface area contributed by atoms with Gasteiger partial charge < -0.3 is 14.8 Å². The summed E-state index contributed by atoms with van der Waals surface area (Å²) in [5, 5.41) is 3.03. The van der Waals surface area contributed by atoms with Crippen molar-refractivity contribution >= 4 is 33.2 Å². The minimum atomic E-state index is -3.72. The number of nitrogens with zero attached hydrogens (tertiary/aromatic N) is 1. The molecule has 1 N–H and O–H groups in total. The monoisotopic (exact) mass is 426 g/mol. The highest BCUT2D eigenvalue weighted by Crippen LogP contribution is 2.30. The lowest BCUT2D eigenvalue weighted by Crippen LogP contribution is -2.41. The van der Waals surface area contributed by atoms with Crippen LogP contribution in [0.2, 0.25) is 5.02 Å². The first kappa shape index (κ1) is 21.8. The van der Waals surface area contributed by atoms with E-state index in [1.165, 1.54) is 7.11 Å². The molecule has 1 amide bonds. The third kappa shape index (κ3) is 5.30. The number of hydrogen-bond donors (Lipinski definition) is 1. The average Bonchev–Trinajstić information content (AvgIpc) is 2.65. The van der Waals surface area contributed by atoms with Gasteiger partial charge in [0.05, 0.1) is 37.2 Å². The summed E-state index contributed by atoms with van der Waals surface area (Å²) in [4.78, 5) is 12.6. The summed E-state index contributed by atoms with van der Waals surface area (Å²) >= 11 is 6.11. The second kappa shape index (κ2) is 9.16. The summed E-state index contributed by atoms with van der Waals surface area (Å²) in [6.07, 6.45) is 1.03. The maximum Gasteiger partial charge on any atom is 0.241 e. The maximum absolute atomic E-state index is 12.6. The van der Waals surface area contributed by atoms with Gasteiger partial charge in [0.1, 0.15) is 18.0 Å². The van der Waals surface area contributed by atoms with Crippen molar-refractivity contribution in [2.75, 3.05) is 31.3 Å². The fourth-order valence-electron chi connectivity index (χ4n) is 2.71. The number of sulfonamides is 1. The second-order valence-corrected chi connectivity index (χ2v) is 8.43. The molecule has 0 fully saturated rings. The quantitative estimate of drug-likeness (QED) is 0.701. The molecular weight excluding hydrogens is 404 g/mol. The number of rotatable bonds is 8. The van der Waals surface area contributed by atoms with Crippen LogP contribution in [0.5, 0.6) is 11.5 Å². The van der Waals surface area contributed by atoms with Crippen LogP contribution in [-0.4, -0.2) is 41.3 Å². The standard InChI is InChI=1S/C19H23ClN2O5S/c1-13(15-11-14(26-2)9-10-18(15)27-3)21-19(23)12-22(28(4,24)25)17-8-6-5-7-16(17)20/h5-11,13H,12H2,1-4H3,(H,21,23). The van der Waals surface area contributed by atoms with Crippen LogP contribution in [0.15, 0.2) is 42.5 Å². The van der Waals surface area contributed by atoms with Crippen molar-refractivity contribution < 1.29 is 22.7 Å². The molecule has 152 valence electrons. The summed E-state index contributed by atoms with van der Waals surface area (Å²) < 4.78 is 35.9. The highest BCUT2D eigenvalue weighted by Gasteiger charge is 2.24. The molecule has 2 aromatic rings. The Labute approximate surface area is 170 Å². The highest BCUT2D eigenvalue weighted by atomic mass is 35.5. The van der Waals surface area contributed by atoms with Gasteiger partial charge in [-0.15, -0.1) is 0 Å². The smallest absolute Gasteiger partial charge is 0.241 e. The lowest BCUT2D eigenvalue weighted by molar-refractivity contribution is -0.120. The van der Waals surface area contributed by atoms with Gasteiger partial charge in [-0.05, 0) is 37.3 Å². The van der Waals surface area contributed by atoms with Crippen LogP contribution in [0.25, 0.3) is 0 Å². The van der Waals surface area contributed by atoms with E-state index in [0.29, 0.717) is 17.1 Å². The van der Waals surface area contributed by atoms with Crippen LogP contribution in [0, 0.1) is 0 Å². The number of carbonyl (C=O) groups is 1. The van der Waals surface area contributed by atoms with Gasteiger partial charge >= 0.3 is 0 Å². The Morgan fingerprint density at radius 2 is 1.86 bits per heavy atom. The van der Waals surface area contributed by atoms with E-state index in [2.05, 4.69) is 5.32 Å². The van der Waals surface area contributed by atoms with Crippen LogP contribution >= 0.6 is 11.6 Å². The van der Waals surface area contributed by atoms with Crippen molar-refractivity contribution in [2.45, 2.75) is 13.0 Å². The van der Waals surface area contributed by atoms with Gasteiger partial charge in [-0.3, -0.25) is 9.10 Å². The lowest BCUT2D eigenvalue weighted by Gasteiger charge is -2.24. The van der Waals surface area contributed by atoms with Crippen LogP contribution in [0.1, 0.15) is 18.5 Å². The zero-order valence-electron chi connectivity index (χ0n) is 16.1. The number of benzene rings is 2. The first-order chi connectivity index (χ1) is 13.2. The van der Waals surface area contributed by atoms with Gasteiger partial charge in [-0.25, -0.2) is 8.42 Å². The molecule has 0 spiro atoms. The SMILES string of the molecule is COc1ccc(OC)c(C(C)NC(=O)CN(c2ccccc2Cl)S(C)(=O)=O)c1. The summed E-state index contributed by atoms with van der Waals surface area (Å²) in [5.41, 5.74) is 0.951. The summed E-state index contributed by atoms with van der Waals surface area (Å²) in [6, 6.07) is 11.3. The molecule has 1 atom stereocenters. The van der Waals surface area contributed by atoms with E-state index >= 15 is 0 Å². The molecule has 1 unspecified atom stereocenters. The maximum atomic E-state index is 12.6. The topological polar surface area (TPSA) is 84.9 Å². The highest BCUT2D eigenvalue weighted by molar-refractivity contribution is 7.92. The van der Waals surface area contributed by atoms with E-state index in [0.717, 1.165) is 10.6 Å². The van der Waals surface area contributed by atoms with Crippen molar-refractivity contribution in [3.8, 4) is 11.5 Å². The number of para-hydroxylation sites is 1. The molecule has 0 bridgehead atoms. The molecule has 28 heavy (non-hydrogen) atoms. The summed E-state index contributed by atoms with van der Waals surface area (Å²) in [6.45, 7) is 1.37. The molecule has 0 aliphatic heterocycles. The van der Waals surface area contributed by atoms with E-state index in [4.69, 9.17) is 21.1 Å². The zero-order chi connectivity index (χ0) is 20.9. The van der Waals surface area contributed by atoms with Crippen molar-refractivity contribution in [2.24, 2.45) is 0 Å². The lowest BCUT2D eigenvalue weighted by atomic mass is 10.1. The first-order valence-electron chi connectivity index (χ1n) is 8.41. The number of methoxy groups -OCH3 is 2. The van der Waals surface area contributed by atoms with Gasteiger partial charge in [0.15, 0.2) is 0 Å². The molecule has 0 aliphatic rings. The predicted molar refractivity (Wildman–Crippen MR) is 110 cm³/mol. The first-order valence-corrected chi connectivity index (χ1v) is 10.6. The minimum Gasteiger partial charge on any atom is -0.497 e. The predicted octanol–water partition coefficient (Wildman–Crippen LogP) is 3.00. The largest absolute Gasteiger partial charge is 0.497 e. The van der Waals surface area contributed by atoms with E-state index < -0.39 is 28.5 Å². The van der Waals surface area contributed by atoms with Crippen molar-refractivity contribution in [3.05, 3.63) is 53.1 Å². The molecule has 9 heteroatoms. The number of ether oxygens (including phenoxy) is 2. The molecule has 0 aromatic heterocycles. The fraction of sp³-hybridized carbons (Fsp3) is 0.316. The third-order valence-electron chi connectivity index (χ3n) is 4.09. The molecular formula is C19H23ClN2O5S. The number of anilines is 1. The summed E-state index contributed by atoms with van der Waals surface area (Å²) in [5.74, 6) is 0.716. The Morgan fingerprint density at radius 3 is 2.43 bits per heavy atom. The van der Waals surface area contributed by atoms with Crippen molar-refractivity contribution in [1.29, 1.82) is 0 Å². The van der Waals surface area contributed by atoms with E-state index in [9.17, 15) is 13.2 Å². The Morgan fingerprint density at radius 1 is 1.18 bits per heavy atom.